The molecule has 2 aliphatic carbocycles. The van der Waals surface area contributed by atoms with Crippen LogP contribution in [0.5, 0.6) is 0 Å². The monoisotopic (exact) mass is 192 g/mol. The SMILES string of the molecule is CC(C#N)C(=O)NC(C1CC1)C1CC1. The Morgan fingerprint density at radius 3 is 2.21 bits per heavy atom. The van der Waals surface area contributed by atoms with Gasteiger partial charge in [-0.2, -0.15) is 5.26 Å². The fourth-order valence-corrected chi connectivity index (χ4v) is 1.88. The van der Waals surface area contributed by atoms with Crippen LogP contribution in [0.1, 0.15) is 32.6 Å². The fourth-order valence-electron chi connectivity index (χ4n) is 1.88. The van der Waals surface area contributed by atoms with E-state index in [1.807, 2.05) is 6.07 Å². The largest absolute Gasteiger partial charge is 0.352 e. The third-order valence-electron chi connectivity index (χ3n) is 3.16. The number of nitrogens with zero attached hydrogens (tertiary/aromatic N) is 1. The van der Waals surface area contributed by atoms with Gasteiger partial charge in [0.05, 0.1) is 6.07 Å². The lowest BCUT2D eigenvalue weighted by atomic mass is 10.1. The average molecular weight is 192 g/mol. The molecule has 3 heteroatoms. The molecule has 2 rings (SSSR count). The van der Waals surface area contributed by atoms with E-state index in [2.05, 4.69) is 5.32 Å². The Hall–Kier alpha value is -1.04. The number of hydrogen-bond donors (Lipinski definition) is 1. The summed E-state index contributed by atoms with van der Waals surface area (Å²) in [5.41, 5.74) is 0. The van der Waals surface area contributed by atoms with E-state index in [1.165, 1.54) is 25.7 Å². The molecule has 0 aromatic heterocycles. The lowest BCUT2D eigenvalue weighted by Crippen LogP contribution is -2.40. The summed E-state index contributed by atoms with van der Waals surface area (Å²) in [7, 11) is 0. The number of nitrogens with one attached hydrogen (secondary N) is 1. The standard InChI is InChI=1S/C11H16N2O/c1-7(6-12)11(14)13-10(8-2-3-8)9-4-5-9/h7-10H,2-5H2,1H3,(H,13,14). The first-order valence-electron chi connectivity index (χ1n) is 5.42. The van der Waals surface area contributed by atoms with Gasteiger partial charge in [-0.15, -0.1) is 0 Å². The van der Waals surface area contributed by atoms with Crippen LogP contribution in [0.3, 0.4) is 0 Å². The van der Waals surface area contributed by atoms with E-state index >= 15 is 0 Å². The van der Waals surface area contributed by atoms with Gasteiger partial charge in [-0.1, -0.05) is 0 Å². The van der Waals surface area contributed by atoms with E-state index in [-0.39, 0.29) is 5.91 Å². The predicted octanol–water partition coefficient (Wildman–Crippen LogP) is 1.45. The molecule has 1 N–H and O–H groups in total. The third-order valence-corrected chi connectivity index (χ3v) is 3.16. The highest BCUT2D eigenvalue weighted by molar-refractivity contribution is 5.81. The molecule has 0 aromatic rings. The van der Waals surface area contributed by atoms with Gasteiger partial charge in [-0.3, -0.25) is 4.79 Å². The minimum Gasteiger partial charge on any atom is -0.352 e. The number of hydrogen-bond acceptors (Lipinski definition) is 2. The summed E-state index contributed by atoms with van der Waals surface area (Å²) in [6.45, 7) is 1.66. The summed E-state index contributed by atoms with van der Waals surface area (Å²) in [6, 6.07) is 2.35. The molecule has 2 aliphatic rings. The summed E-state index contributed by atoms with van der Waals surface area (Å²) >= 11 is 0. The topological polar surface area (TPSA) is 52.9 Å². The van der Waals surface area contributed by atoms with Crippen molar-refractivity contribution in [1.82, 2.24) is 5.32 Å². The van der Waals surface area contributed by atoms with E-state index in [0.717, 1.165) is 0 Å². The Morgan fingerprint density at radius 1 is 1.36 bits per heavy atom. The van der Waals surface area contributed by atoms with Crippen LogP contribution in [0.15, 0.2) is 0 Å². The molecule has 2 fully saturated rings. The van der Waals surface area contributed by atoms with Gasteiger partial charge >= 0.3 is 0 Å². The smallest absolute Gasteiger partial charge is 0.237 e. The maximum Gasteiger partial charge on any atom is 0.237 e. The summed E-state index contributed by atoms with van der Waals surface area (Å²) < 4.78 is 0. The molecule has 1 atom stereocenters. The van der Waals surface area contributed by atoms with Crippen LogP contribution in [0.4, 0.5) is 0 Å². The molecule has 1 amide bonds. The van der Waals surface area contributed by atoms with Gasteiger partial charge in [-0.05, 0) is 44.4 Å². The third kappa shape index (κ3) is 2.06. The maximum atomic E-state index is 11.5. The Labute approximate surface area is 84.5 Å². The van der Waals surface area contributed by atoms with Crippen LogP contribution in [-0.2, 0) is 4.79 Å². The van der Waals surface area contributed by atoms with Gasteiger partial charge in [0.15, 0.2) is 0 Å². The zero-order valence-electron chi connectivity index (χ0n) is 8.49. The number of carbonyl (C=O) groups is 1. The molecule has 1 unspecified atom stereocenters. The Bertz CT molecular complexity index is 262. The van der Waals surface area contributed by atoms with Gasteiger partial charge in [-0.25, -0.2) is 0 Å². The minimum atomic E-state index is -0.505. The van der Waals surface area contributed by atoms with Gasteiger partial charge in [0, 0.05) is 6.04 Å². The van der Waals surface area contributed by atoms with Gasteiger partial charge in [0.2, 0.25) is 5.91 Å². The molecule has 0 aromatic carbocycles. The molecule has 14 heavy (non-hydrogen) atoms. The lowest BCUT2D eigenvalue weighted by molar-refractivity contribution is -0.124. The molecule has 0 heterocycles. The van der Waals surface area contributed by atoms with Crippen molar-refractivity contribution in [3.63, 3.8) is 0 Å². The summed E-state index contributed by atoms with van der Waals surface area (Å²) in [4.78, 5) is 11.5. The van der Waals surface area contributed by atoms with Crippen molar-refractivity contribution in [3.8, 4) is 6.07 Å². The van der Waals surface area contributed by atoms with Crippen molar-refractivity contribution in [2.24, 2.45) is 17.8 Å². The quantitative estimate of drug-likeness (QED) is 0.733. The Balaban J connectivity index is 1.87. The van der Waals surface area contributed by atoms with Gasteiger partial charge in [0.1, 0.15) is 5.92 Å². The highest BCUT2D eigenvalue weighted by Gasteiger charge is 2.42. The van der Waals surface area contributed by atoms with Crippen LogP contribution in [0, 0.1) is 29.1 Å². The van der Waals surface area contributed by atoms with E-state index in [9.17, 15) is 4.79 Å². The van der Waals surface area contributed by atoms with E-state index in [1.54, 1.807) is 6.92 Å². The lowest BCUT2D eigenvalue weighted by Gasteiger charge is -2.18. The normalized spacial score (nSPS) is 22.9. The molecule has 2 saturated carbocycles. The van der Waals surface area contributed by atoms with Gasteiger partial charge < -0.3 is 5.32 Å². The van der Waals surface area contributed by atoms with Crippen LogP contribution < -0.4 is 5.32 Å². The second-order valence-corrected chi connectivity index (χ2v) is 4.56. The average Bonchev–Trinajstić information content (AvgIpc) is 3.04. The van der Waals surface area contributed by atoms with Crippen molar-refractivity contribution in [2.75, 3.05) is 0 Å². The summed E-state index contributed by atoms with van der Waals surface area (Å²) in [5, 5.41) is 11.6. The number of carbonyl (C=O) groups excluding carboxylic acids is 1. The number of nitriles is 1. The zero-order valence-corrected chi connectivity index (χ0v) is 8.49. The molecule has 3 nitrogen and oxygen atoms in total. The first-order valence-corrected chi connectivity index (χ1v) is 5.42. The van der Waals surface area contributed by atoms with Gasteiger partial charge in [0.25, 0.3) is 0 Å². The van der Waals surface area contributed by atoms with Crippen molar-refractivity contribution in [2.45, 2.75) is 38.6 Å². The second kappa shape index (κ2) is 3.61. The van der Waals surface area contributed by atoms with Crippen LogP contribution in [0.25, 0.3) is 0 Å². The predicted molar refractivity (Wildman–Crippen MR) is 52.2 cm³/mol. The molecular weight excluding hydrogens is 176 g/mol. The van der Waals surface area contributed by atoms with Crippen LogP contribution in [0.2, 0.25) is 0 Å². The van der Waals surface area contributed by atoms with Crippen LogP contribution >= 0.6 is 0 Å². The second-order valence-electron chi connectivity index (χ2n) is 4.56. The summed E-state index contributed by atoms with van der Waals surface area (Å²) in [5.74, 6) is 0.820. The molecule has 76 valence electrons. The molecule has 0 bridgehead atoms. The van der Waals surface area contributed by atoms with Crippen molar-refractivity contribution >= 4 is 5.91 Å². The molecule has 0 saturated heterocycles. The highest BCUT2D eigenvalue weighted by Crippen LogP contribution is 2.44. The van der Waals surface area contributed by atoms with E-state index in [4.69, 9.17) is 5.26 Å². The molecule has 0 aliphatic heterocycles. The zero-order chi connectivity index (χ0) is 10.1. The van der Waals surface area contributed by atoms with Crippen molar-refractivity contribution in [1.29, 1.82) is 5.26 Å². The fraction of sp³-hybridized carbons (Fsp3) is 0.818. The van der Waals surface area contributed by atoms with Crippen molar-refractivity contribution in [3.05, 3.63) is 0 Å². The van der Waals surface area contributed by atoms with E-state index in [0.29, 0.717) is 17.9 Å². The Morgan fingerprint density at radius 2 is 1.86 bits per heavy atom. The van der Waals surface area contributed by atoms with Crippen LogP contribution in [-0.4, -0.2) is 11.9 Å². The summed E-state index contributed by atoms with van der Waals surface area (Å²) in [6.07, 6.45) is 5.01. The minimum absolute atomic E-state index is 0.0868. The highest BCUT2D eigenvalue weighted by atomic mass is 16.1. The maximum absolute atomic E-state index is 11.5. The first-order chi connectivity index (χ1) is 6.72. The molecule has 0 radical (unpaired) electrons. The van der Waals surface area contributed by atoms with E-state index < -0.39 is 5.92 Å². The molecule has 0 spiro atoms. The van der Waals surface area contributed by atoms with Crippen molar-refractivity contribution < 1.29 is 4.79 Å². The Kier molecular flexibility index (Phi) is 2.45. The first kappa shape index (κ1) is 9.51. The number of amides is 1. The molecular formula is C11H16N2O. The number of rotatable bonds is 4.